The normalized spacial score (nSPS) is 41.1. The number of hydrogen-bond acceptors (Lipinski definition) is 1. The zero-order valence-corrected chi connectivity index (χ0v) is 8.75. The molecule has 0 N–H and O–H groups in total. The highest BCUT2D eigenvalue weighted by Gasteiger charge is 2.30. The van der Waals surface area contributed by atoms with E-state index >= 15 is 0 Å². The van der Waals surface area contributed by atoms with Gasteiger partial charge in [0.25, 0.3) is 0 Å². The van der Waals surface area contributed by atoms with Crippen molar-refractivity contribution in [2.75, 3.05) is 0 Å². The first-order valence-corrected chi connectivity index (χ1v) is 5.33. The van der Waals surface area contributed by atoms with E-state index in [0.29, 0.717) is 5.92 Å². The molecule has 0 amide bonds. The summed E-state index contributed by atoms with van der Waals surface area (Å²) in [7, 11) is 6.14. The Balaban J connectivity index is 2.67. The van der Waals surface area contributed by atoms with Gasteiger partial charge in [-0.15, -0.1) is 0 Å². The lowest BCUT2D eigenvalue weighted by Crippen LogP contribution is -2.18. The average molecular weight is 178 g/mol. The van der Waals surface area contributed by atoms with Crippen LogP contribution in [0, 0.1) is 11.8 Å². The van der Waals surface area contributed by atoms with Gasteiger partial charge in [0.15, 0.2) is 0 Å². The molecule has 1 nitrogen and oxygen atoms in total. The summed E-state index contributed by atoms with van der Waals surface area (Å²) in [5.74, 6) is 0.769. The quantitative estimate of drug-likeness (QED) is 0.361. The molecule has 3 atom stereocenters. The van der Waals surface area contributed by atoms with E-state index in [0.717, 1.165) is 38.4 Å². The van der Waals surface area contributed by atoms with Gasteiger partial charge >= 0.3 is 0 Å². The number of carbonyl (C=O) groups excluding carboxylic acids is 1. The molecule has 0 aromatic rings. The molecule has 0 heterocycles. The topological polar surface area (TPSA) is 17.1 Å². The Labute approximate surface area is 82.7 Å². The fourth-order valence-electron chi connectivity index (χ4n) is 2.46. The van der Waals surface area contributed by atoms with Gasteiger partial charge in [-0.2, -0.15) is 0 Å². The van der Waals surface area contributed by atoms with Crippen molar-refractivity contribution >= 4 is 14.1 Å². The predicted molar refractivity (Wildman–Crippen MR) is 55.9 cm³/mol. The van der Waals surface area contributed by atoms with Crippen LogP contribution in [-0.2, 0) is 4.79 Å². The minimum absolute atomic E-state index is 0.0432. The zero-order chi connectivity index (χ0) is 9.90. The van der Waals surface area contributed by atoms with Crippen LogP contribution in [0.5, 0.6) is 0 Å². The minimum atomic E-state index is -0.0432. The van der Waals surface area contributed by atoms with Crippen LogP contribution < -0.4 is 0 Å². The van der Waals surface area contributed by atoms with E-state index in [4.69, 9.17) is 7.85 Å². The van der Waals surface area contributed by atoms with Crippen LogP contribution in [0.15, 0.2) is 0 Å². The largest absolute Gasteiger partial charge is 0.303 e. The summed E-state index contributed by atoms with van der Waals surface area (Å²) in [6.07, 6.45) is 6.42. The second-order valence-electron chi connectivity index (χ2n) is 4.72. The second kappa shape index (κ2) is 4.30. The molecule has 0 aromatic carbocycles. The van der Waals surface area contributed by atoms with Crippen molar-refractivity contribution in [3.63, 3.8) is 0 Å². The molecule has 3 unspecified atom stereocenters. The molecular formula is C11H19BO. The maximum absolute atomic E-state index is 10.9. The van der Waals surface area contributed by atoms with Crippen LogP contribution in [-0.4, -0.2) is 14.1 Å². The summed E-state index contributed by atoms with van der Waals surface area (Å²) >= 11 is 0. The van der Waals surface area contributed by atoms with Crippen LogP contribution in [0.4, 0.5) is 0 Å². The first kappa shape index (κ1) is 10.8. The summed E-state index contributed by atoms with van der Waals surface area (Å²) in [6, 6.07) is 0. The van der Waals surface area contributed by atoms with Gasteiger partial charge in [0.1, 0.15) is 6.29 Å². The third-order valence-electron chi connectivity index (χ3n) is 3.32. The van der Waals surface area contributed by atoms with Gasteiger partial charge in [-0.1, -0.05) is 44.8 Å². The smallest absolute Gasteiger partial charge is 0.123 e. The van der Waals surface area contributed by atoms with Crippen molar-refractivity contribution in [1.82, 2.24) is 0 Å². The van der Waals surface area contributed by atoms with Crippen LogP contribution >= 0.6 is 0 Å². The van der Waals surface area contributed by atoms with Crippen molar-refractivity contribution in [3.05, 3.63) is 0 Å². The molecule has 72 valence electrons. The molecule has 13 heavy (non-hydrogen) atoms. The van der Waals surface area contributed by atoms with E-state index in [1.165, 1.54) is 0 Å². The third kappa shape index (κ3) is 2.86. The maximum Gasteiger partial charge on any atom is 0.123 e. The fourth-order valence-corrected chi connectivity index (χ4v) is 2.46. The zero-order valence-electron chi connectivity index (χ0n) is 8.75. The Morgan fingerprint density at radius 3 is 2.85 bits per heavy atom. The summed E-state index contributed by atoms with van der Waals surface area (Å²) < 4.78 is 0. The van der Waals surface area contributed by atoms with Gasteiger partial charge in [-0.3, -0.25) is 0 Å². The highest BCUT2D eigenvalue weighted by Crippen LogP contribution is 2.43. The van der Waals surface area contributed by atoms with Crippen molar-refractivity contribution in [2.24, 2.45) is 11.8 Å². The van der Waals surface area contributed by atoms with Gasteiger partial charge in [-0.25, -0.2) is 0 Å². The molecular weight excluding hydrogens is 159 g/mol. The molecule has 2 radical (unpaired) electrons. The molecule has 1 fully saturated rings. The van der Waals surface area contributed by atoms with Crippen LogP contribution in [0.3, 0.4) is 0 Å². The molecule has 0 aromatic heterocycles. The van der Waals surface area contributed by atoms with Crippen molar-refractivity contribution in [3.8, 4) is 0 Å². The molecule has 1 rings (SSSR count). The van der Waals surface area contributed by atoms with Crippen molar-refractivity contribution in [2.45, 2.75) is 51.3 Å². The van der Waals surface area contributed by atoms with E-state index < -0.39 is 0 Å². The molecule has 0 bridgehead atoms. The summed E-state index contributed by atoms with van der Waals surface area (Å²) in [4.78, 5) is 10.9. The monoisotopic (exact) mass is 178 g/mol. The van der Waals surface area contributed by atoms with Gasteiger partial charge in [0, 0.05) is 5.92 Å². The van der Waals surface area contributed by atoms with Gasteiger partial charge in [-0.05, 0) is 12.3 Å². The summed E-state index contributed by atoms with van der Waals surface area (Å²) in [5, 5.41) is -0.0432. The standard InChI is InChI=1S/C11H19BO/c1-3-9-7-11(2,12)6-4-5-10(9)8-13/h8-10H,3-7H2,1-2H3. The second-order valence-corrected chi connectivity index (χ2v) is 4.72. The lowest BCUT2D eigenvalue weighted by molar-refractivity contribution is -0.112. The Morgan fingerprint density at radius 2 is 2.31 bits per heavy atom. The molecule has 1 aliphatic rings. The van der Waals surface area contributed by atoms with Gasteiger partial charge in [0.2, 0.25) is 0 Å². The molecule has 1 aliphatic carbocycles. The van der Waals surface area contributed by atoms with Crippen LogP contribution in [0.2, 0.25) is 5.31 Å². The van der Waals surface area contributed by atoms with Crippen LogP contribution in [0.25, 0.3) is 0 Å². The molecule has 2 heteroatoms. The van der Waals surface area contributed by atoms with E-state index in [2.05, 4.69) is 13.8 Å². The Morgan fingerprint density at radius 1 is 1.62 bits per heavy atom. The number of aldehydes is 1. The lowest BCUT2D eigenvalue weighted by Gasteiger charge is -2.27. The lowest BCUT2D eigenvalue weighted by atomic mass is 9.63. The third-order valence-corrected chi connectivity index (χ3v) is 3.32. The van der Waals surface area contributed by atoms with Crippen LogP contribution in [0.1, 0.15) is 46.0 Å². The Hall–Kier alpha value is -0.265. The SMILES string of the molecule is [B]C1(C)CCCC(C=O)C(CC)C1. The highest BCUT2D eigenvalue weighted by atomic mass is 16.1. The predicted octanol–water partition coefficient (Wildman–Crippen LogP) is 2.75. The molecule has 0 aliphatic heterocycles. The summed E-state index contributed by atoms with van der Waals surface area (Å²) in [5.41, 5.74) is 0. The van der Waals surface area contributed by atoms with E-state index in [1.807, 2.05) is 0 Å². The number of rotatable bonds is 2. The number of carbonyl (C=O) groups is 1. The maximum atomic E-state index is 10.9. The Bertz CT molecular complexity index is 177. The van der Waals surface area contributed by atoms with E-state index in [1.54, 1.807) is 0 Å². The van der Waals surface area contributed by atoms with E-state index in [-0.39, 0.29) is 11.2 Å². The van der Waals surface area contributed by atoms with Gasteiger partial charge in [0.05, 0.1) is 7.85 Å². The first-order chi connectivity index (χ1) is 6.09. The first-order valence-electron chi connectivity index (χ1n) is 5.33. The molecule has 0 spiro atoms. The summed E-state index contributed by atoms with van der Waals surface area (Å²) in [6.45, 7) is 4.27. The molecule has 0 saturated heterocycles. The van der Waals surface area contributed by atoms with Crippen molar-refractivity contribution < 1.29 is 4.79 Å². The van der Waals surface area contributed by atoms with Gasteiger partial charge < -0.3 is 4.79 Å². The van der Waals surface area contributed by atoms with Crippen molar-refractivity contribution in [1.29, 1.82) is 0 Å². The number of hydrogen-bond donors (Lipinski definition) is 0. The fraction of sp³-hybridized carbons (Fsp3) is 0.909. The minimum Gasteiger partial charge on any atom is -0.303 e. The van der Waals surface area contributed by atoms with E-state index in [9.17, 15) is 4.79 Å². The Kier molecular flexibility index (Phi) is 3.58. The average Bonchev–Trinajstić information content (AvgIpc) is 2.22. The molecule has 1 saturated carbocycles. The highest BCUT2D eigenvalue weighted by molar-refractivity contribution is 6.14.